The quantitative estimate of drug-likeness (QED) is 0.726. The molecule has 1 N–H and O–H groups in total. The molecule has 0 aliphatic rings. The molecule has 0 aliphatic heterocycles. The van der Waals surface area contributed by atoms with Crippen molar-refractivity contribution in [1.82, 2.24) is 5.32 Å². The first-order chi connectivity index (χ1) is 5.34. The molecule has 0 heterocycles. The number of rotatable bonds is 3. The van der Waals surface area contributed by atoms with Gasteiger partial charge in [0.25, 0.3) is 0 Å². The van der Waals surface area contributed by atoms with Gasteiger partial charge in [0.1, 0.15) is 0 Å². The molecule has 1 rings (SSSR count). The molecule has 1 aromatic rings. The molecule has 58 valence electrons. The second-order valence-corrected chi connectivity index (χ2v) is 2.73. The highest BCUT2D eigenvalue weighted by Gasteiger charge is 1.94. The molecular weight excluding hydrogens is 178 g/mol. The van der Waals surface area contributed by atoms with Crippen LogP contribution in [0.2, 0.25) is 5.02 Å². The molecular formula is C8H8ClNS. The SMILES string of the molecule is S=CNCc1ccccc1Cl. The van der Waals surface area contributed by atoms with Crippen LogP contribution in [0.5, 0.6) is 0 Å². The number of benzene rings is 1. The highest BCUT2D eigenvalue weighted by molar-refractivity contribution is 7.78. The van der Waals surface area contributed by atoms with Gasteiger partial charge in [-0.15, -0.1) is 0 Å². The van der Waals surface area contributed by atoms with Crippen LogP contribution in [0.15, 0.2) is 24.3 Å². The molecule has 1 aromatic carbocycles. The van der Waals surface area contributed by atoms with Gasteiger partial charge in [0.15, 0.2) is 0 Å². The van der Waals surface area contributed by atoms with Gasteiger partial charge in [-0.05, 0) is 11.6 Å². The summed E-state index contributed by atoms with van der Waals surface area (Å²) < 4.78 is 0. The average molecular weight is 186 g/mol. The van der Waals surface area contributed by atoms with Crippen LogP contribution in [0.25, 0.3) is 0 Å². The Labute approximate surface area is 76.4 Å². The summed E-state index contributed by atoms with van der Waals surface area (Å²) in [6.45, 7) is 0.698. The van der Waals surface area contributed by atoms with E-state index in [0.717, 1.165) is 10.6 Å². The van der Waals surface area contributed by atoms with E-state index in [-0.39, 0.29) is 0 Å². The third kappa shape index (κ3) is 2.48. The maximum absolute atomic E-state index is 5.87. The van der Waals surface area contributed by atoms with E-state index in [1.807, 2.05) is 24.3 Å². The highest BCUT2D eigenvalue weighted by Crippen LogP contribution is 2.13. The smallest absolute Gasteiger partial charge is 0.0617 e. The molecule has 0 spiro atoms. The van der Waals surface area contributed by atoms with Crippen LogP contribution in [0, 0.1) is 0 Å². The molecule has 11 heavy (non-hydrogen) atoms. The summed E-state index contributed by atoms with van der Waals surface area (Å²) in [6, 6.07) is 7.69. The third-order valence-electron chi connectivity index (χ3n) is 1.33. The highest BCUT2D eigenvalue weighted by atomic mass is 35.5. The van der Waals surface area contributed by atoms with Crippen LogP contribution in [0.1, 0.15) is 5.56 Å². The number of hydrogen-bond acceptors (Lipinski definition) is 1. The summed E-state index contributed by atoms with van der Waals surface area (Å²) >= 11 is 10.5. The van der Waals surface area contributed by atoms with E-state index < -0.39 is 0 Å². The number of hydrogen-bond donors (Lipinski definition) is 1. The van der Waals surface area contributed by atoms with Crippen molar-refractivity contribution in [3.05, 3.63) is 34.9 Å². The number of thiocarbonyl (C=S) groups is 1. The predicted octanol–water partition coefficient (Wildman–Crippen LogP) is 2.39. The van der Waals surface area contributed by atoms with Crippen molar-refractivity contribution in [2.45, 2.75) is 6.54 Å². The van der Waals surface area contributed by atoms with Crippen LogP contribution in [0.4, 0.5) is 0 Å². The van der Waals surface area contributed by atoms with Gasteiger partial charge in [-0.1, -0.05) is 42.0 Å². The Morgan fingerprint density at radius 1 is 1.45 bits per heavy atom. The van der Waals surface area contributed by atoms with Crippen molar-refractivity contribution in [3.8, 4) is 0 Å². The topological polar surface area (TPSA) is 12.0 Å². The molecule has 1 nitrogen and oxygen atoms in total. The van der Waals surface area contributed by atoms with Gasteiger partial charge in [0.05, 0.1) is 5.49 Å². The van der Waals surface area contributed by atoms with E-state index in [9.17, 15) is 0 Å². The standard InChI is InChI=1S/C8H8ClNS/c9-8-4-2-1-3-7(8)5-10-6-11/h1-4,6H,5H2,(H,10,11). The lowest BCUT2D eigenvalue weighted by atomic mass is 10.2. The van der Waals surface area contributed by atoms with Gasteiger partial charge >= 0.3 is 0 Å². The molecule has 0 aromatic heterocycles. The summed E-state index contributed by atoms with van der Waals surface area (Å²) in [5.41, 5.74) is 2.55. The summed E-state index contributed by atoms with van der Waals surface area (Å²) in [6.07, 6.45) is 0. The van der Waals surface area contributed by atoms with Crippen LogP contribution in [-0.4, -0.2) is 5.49 Å². The zero-order chi connectivity index (χ0) is 8.10. The Hall–Kier alpha value is -0.600. The molecule has 0 radical (unpaired) electrons. The van der Waals surface area contributed by atoms with Gasteiger partial charge in [-0.3, -0.25) is 0 Å². The van der Waals surface area contributed by atoms with Gasteiger partial charge in [0.2, 0.25) is 0 Å². The lowest BCUT2D eigenvalue weighted by Crippen LogP contribution is -2.08. The zero-order valence-electron chi connectivity index (χ0n) is 5.88. The summed E-state index contributed by atoms with van der Waals surface area (Å²) in [5, 5.41) is 3.69. The fourth-order valence-corrected chi connectivity index (χ4v) is 1.08. The van der Waals surface area contributed by atoms with E-state index in [1.54, 1.807) is 0 Å². The molecule has 0 aliphatic carbocycles. The van der Waals surface area contributed by atoms with Gasteiger partial charge in [0, 0.05) is 11.6 Å². The Balaban J connectivity index is 2.69. The lowest BCUT2D eigenvalue weighted by Gasteiger charge is -2.01. The third-order valence-corrected chi connectivity index (χ3v) is 1.87. The average Bonchev–Trinajstić information content (AvgIpc) is 2.03. The summed E-state index contributed by atoms with van der Waals surface area (Å²) in [5.74, 6) is 0. The number of halogens is 1. The van der Waals surface area contributed by atoms with E-state index in [1.165, 1.54) is 5.49 Å². The van der Waals surface area contributed by atoms with E-state index in [4.69, 9.17) is 11.6 Å². The molecule has 0 fully saturated rings. The largest absolute Gasteiger partial charge is 0.378 e. The molecule has 0 amide bonds. The second-order valence-electron chi connectivity index (χ2n) is 2.09. The maximum Gasteiger partial charge on any atom is 0.0617 e. The zero-order valence-corrected chi connectivity index (χ0v) is 7.45. The minimum absolute atomic E-state index is 0.698. The van der Waals surface area contributed by atoms with E-state index in [2.05, 4.69) is 17.5 Å². The van der Waals surface area contributed by atoms with Crippen LogP contribution >= 0.6 is 23.8 Å². The normalized spacial score (nSPS) is 9.18. The Bertz CT molecular complexity index is 250. The minimum Gasteiger partial charge on any atom is -0.378 e. The lowest BCUT2D eigenvalue weighted by molar-refractivity contribution is 0.944. The summed E-state index contributed by atoms with van der Waals surface area (Å²) in [4.78, 5) is 0. The van der Waals surface area contributed by atoms with Crippen molar-refractivity contribution in [2.24, 2.45) is 0 Å². The fraction of sp³-hybridized carbons (Fsp3) is 0.125. The Morgan fingerprint density at radius 3 is 2.82 bits per heavy atom. The molecule has 0 saturated heterocycles. The van der Waals surface area contributed by atoms with Gasteiger partial charge < -0.3 is 5.32 Å². The van der Waals surface area contributed by atoms with Crippen molar-refractivity contribution in [1.29, 1.82) is 0 Å². The number of nitrogens with one attached hydrogen (secondary N) is 1. The molecule has 3 heteroatoms. The van der Waals surface area contributed by atoms with Crippen LogP contribution < -0.4 is 5.32 Å². The first kappa shape index (κ1) is 8.50. The minimum atomic E-state index is 0.698. The monoisotopic (exact) mass is 185 g/mol. The maximum atomic E-state index is 5.87. The molecule has 0 unspecified atom stereocenters. The fourth-order valence-electron chi connectivity index (χ4n) is 0.793. The first-order valence-corrected chi connectivity index (χ1v) is 4.10. The molecule has 0 atom stereocenters. The van der Waals surface area contributed by atoms with Crippen molar-refractivity contribution in [2.75, 3.05) is 0 Å². The van der Waals surface area contributed by atoms with Crippen LogP contribution in [0.3, 0.4) is 0 Å². The summed E-state index contributed by atoms with van der Waals surface area (Å²) in [7, 11) is 0. The van der Waals surface area contributed by atoms with Crippen molar-refractivity contribution in [3.63, 3.8) is 0 Å². The van der Waals surface area contributed by atoms with Gasteiger partial charge in [-0.2, -0.15) is 0 Å². The van der Waals surface area contributed by atoms with Gasteiger partial charge in [-0.25, -0.2) is 0 Å². The second kappa shape index (κ2) is 4.31. The Morgan fingerprint density at radius 2 is 2.18 bits per heavy atom. The Kier molecular flexibility index (Phi) is 3.33. The molecule has 0 saturated carbocycles. The van der Waals surface area contributed by atoms with Crippen molar-refractivity contribution >= 4 is 29.3 Å². The van der Waals surface area contributed by atoms with E-state index in [0.29, 0.717) is 6.54 Å². The van der Waals surface area contributed by atoms with E-state index >= 15 is 0 Å². The predicted molar refractivity (Wildman–Crippen MR) is 51.9 cm³/mol. The van der Waals surface area contributed by atoms with Crippen LogP contribution in [-0.2, 0) is 6.54 Å². The first-order valence-electron chi connectivity index (χ1n) is 3.25. The molecule has 0 bridgehead atoms. The van der Waals surface area contributed by atoms with Crippen molar-refractivity contribution < 1.29 is 0 Å².